The SMILES string of the molecule is C=Cc1cc(C(=O)N2CCC(C)(N)C2)ccn1. The lowest BCUT2D eigenvalue weighted by Gasteiger charge is -2.19. The van der Waals surface area contributed by atoms with Gasteiger partial charge in [-0.25, -0.2) is 0 Å². The lowest BCUT2D eigenvalue weighted by molar-refractivity contribution is 0.0785. The maximum atomic E-state index is 12.2. The van der Waals surface area contributed by atoms with Gasteiger partial charge in [0.15, 0.2) is 0 Å². The molecule has 4 nitrogen and oxygen atoms in total. The Labute approximate surface area is 101 Å². The van der Waals surface area contributed by atoms with Crippen molar-refractivity contribution in [3.8, 4) is 0 Å². The molecule has 0 spiro atoms. The van der Waals surface area contributed by atoms with Crippen LogP contribution in [0.4, 0.5) is 0 Å². The van der Waals surface area contributed by atoms with Crippen molar-refractivity contribution in [2.75, 3.05) is 13.1 Å². The van der Waals surface area contributed by atoms with E-state index in [1.165, 1.54) is 0 Å². The van der Waals surface area contributed by atoms with Crippen molar-refractivity contribution in [2.24, 2.45) is 5.73 Å². The van der Waals surface area contributed by atoms with Crippen molar-refractivity contribution >= 4 is 12.0 Å². The van der Waals surface area contributed by atoms with E-state index in [0.29, 0.717) is 17.8 Å². The summed E-state index contributed by atoms with van der Waals surface area (Å²) in [6.07, 6.45) is 4.11. The number of carbonyl (C=O) groups is 1. The maximum absolute atomic E-state index is 12.2. The molecule has 4 heteroatoms. The average Bonchev–Trinajstić information content (AvgIpc) is 2.69. The van der Waals surface area contributed by atoms with Crippen LogP contribution in [0.1, 0.15) is 29.4 Å². The molecule has 1 unspecified atom stereocenters. The summed E-state index contributed by atoms with van der Waals surface area (Å²) in [7, 11) is 0. The van der Waals surface area contributed by atoms with Crippen molar-refractivity contribution in [1.82, 2.24) is 9.88 Å². The Hall–Kier alpha value is -1.68. The number of nitrogens with two attached hydrogens (primary N) is 1. The fraction of sp³-hybridized carbons (Fsp3) is 0.385. The van der Waals surface area contributed by atoms with Crippen LogP contribution < -0.4 is 5.73 Å². The molecule has 1 saturated heterocycles. The first-order chi connectivity index (χ1) is 8.02. The third kappa shape index (κ3) is 2.53. The van der Waals surface area contributed by atoms with Gasteiger partial charge in [0.2, 0.25) is 0 Å². The minimum atomic E-state index is -0.260. The molecule has 1 atom stereocenters. The van der Waals surface area contributed by atoms with Gasteiger partial charge < -0.3 is 10.6 Å². The van der Waals surface area contributed by atoms with Gasteiger partial charge in [-0.05, 0) is 31.6 Å². The predicted molar refractivity (Wildman–Crippen MR) is 67.4 cm³/mol. The summed E-state index contributed by atoms with van der Waals surface area (Å²) in [5, 5.41) is 0. The highest BCUT2D eigenvalue weighted by Gasteiger charge is 2.32. The minimum Gasteiger partial charge on any atom is -0.337 e. The first-order valence-corrected chi connectivity index (χ1v) is 5.68. The molecule has 0 radical (unpaired) electrons. The normalized spacial score (nSPS) is 23.8. The highest BCUT2D eigenvalue weighted by atomic mass is 16.2. The number of hydrogen-bond acceptors (Lipinski definition) is 3. The fourth-order valence-electron chi connectivity index (χ4n) is 2.03. The number of amides is 1. The molecule has 1 aromatic heterocycles. The Bertz CT molecular complexity index is 454. The van der Waals surface area contributed by atoms with Crippen LogP contribution in [0.2, 0.25) is 0 Å². The summed E-state index contributed by atoms with van der Waals surface area (Å²) in [6.45, 7) is 6.95. The summed E-state index contributed by atoms with van der Waals surface area (Å²) >= 11 is 0. The number of aromatic nitrogens is 1. The van der Waals surface area contributed by atoms with E-state index < -0.39 is 0 Å². The van der Waals surface area contributed by atoms with Gasteiger partial charge in [0.05, 0.1) is 5.69 Å². The molecule has 0 aromatic carbocycles. The molecule has 1 amide bonds. The Balaban J connectivity index is 2.17. The second-order valence-corrected chi connectivity index (χ2v) is 4.80. The van der Waals surface area contributed by atoms with Crippen molar-refractivity contribution in [3.63, 3.8) is 0 Å². The largest absolute Gasteiger partial charge is 0.337 e. The van der Waals surface area contributed by atoms with E-state index in [9.17, 15) is 4.79 Å². The van der Waals surface area contributed by atoms with Crippen LogP contribution in [0.25, 0.3) is 6.08 Å². The molecule has 1 aliphatic heterocycles. The van der Waals surface area contributed by atoms with Crippen LogP contribution in [0.5, 0.6) is 0 Å². The molecule has 2 rings (SSSR count). The van der Waals surface area contributed by atoms with Gasteiger partial charge in [-0.2, -0.15) is 0 Å². The third-order valence-corrected chi connectivity index (χ3v) is 3.03. The van der Waals surface area contributed by atoms with E-state index in [1.807, 2.05) is 6.92 Å². The van der Waals surface area contributed by atoms with E-state index >= 15 is 0 Å². The van der Waals surface area contributed by atoms with Gasteiger partial charge in [-0.3, -0.25) is 9.78 Å². The smallest absolute Gasteiger partial charge is 0.254 e. The number of pyridine rings is 1. The van der Waals surface area contributed by atoms with E-state index in [-0.39, 0.29) is 11.4 Å². The standard InChI is InChI=1S/C13H17N3O/c1-3-11-8-10(4-6-15-11)12(17)16-7-5-13(2,14)9-16/h3-4,6,8H,1,5,7,9,14H2,2H3. The second-order valence-electron chi connectivity index (χ2n) is 4.80. The van der Waals surface area contributed by atoms with Crippen LogP contribution in [-0.4, -0.2) is 34.4 Å². The Morgan fingerprint density at radius 1 is 1.71 bits per heavy atom. The summed E-state index contributed by atoms with van der Waals surface area (Å²) in [4.78, 5) is 18.1. The highest BCUT2D eigenvalue weighted by Crippen LogP contribution is 2.20. The number of rotatable bonds is 2. The van der Waals surface area contributed by atoms with Gasteiger partial charge >= 0.3 is 0 Å². The highest BCUT2D eigenvalue weighted by molar-refractivity contribution is 5.94. The molecule has 0 bridgehead atoms. The molecular formula is C13H17N3O. The molecule has 1 aliphatic rings. The van der Waals surface area contributed by atoms with Crippen LogP contribution in [0, 0.1) is 0 Å². The van der Waals surface area contributed by atoms with E-state index in [2.05, 4.69) is 11.6 Å². The lowest BCUT2D eigenvalue weighted by atomic mass is 10.0. The molecule has 2 N–H and O–H groups in total. The number of nitrogens with zero attached hydrogens (tertiary/aromatic N) is 2. The molecular weight excluding hydrogens is 214 g/mol. The first-order valence-electron chi connectivity index (χ1n) is 5.68. The zero-order chi connectivity index (χ0) is 12.5. The Morgan fingerprint density at radius 2 is 2.47 bits per heavy atom. The zero-order valence-electron chi connectivity index (χ0n) is 10.0. The zero-order valence-corrected chi connectivity index (χ0v) is 10.0. The van der Waals surface area contributed by atoms with Gasteiger partial charge in [0, 0.05) is 30.4 Å². The van der Waals surface area contributed by atoms with Crippen molar-refractivity contribution in [2.45, 2.75) is 18.9 Å². The van der Waals surface area contributed by atoms with Gasteiger partial charge in [0.25, 0.3) is 5.91 Å². The average molecular weight is 231 g/mol. The Kier molecular flexibility index (Phi) is 2.98. The van der Waals surface area contributed by atoms with E-state index in [0.717, 1.165) is 13.0 Å². The minimum absolute atomic E-state index is 0.0182. The van der Waals surface area contributed by atoms with Crippen LogP contribution in [0.15, 0.2) is 24.9 Å². The number of hydrogen-bond donors (Lipinski definition) is 1. The fourth-order valence-corrected chi connectivity index (χ4v) is 2.03. The summed E-state index contributed by atoms with van der Waals surface area (Å²) in [6, 6.07) is 3.48. The molecule has 1 fully saturated rings. The monoisotopic (exact) mass is 231 g/mol. The quantitative estimate of drug-likeness (QED) is 0.834. The summed E-state index contributed by atoms with van der Waals surface area (Å²) in [5.74, 6) is 0.0182. The molecule has 17 heavy (non-hydrogen) atoms. The third-order valence-electron chi connectivity index (χ3n) is 3.03. The lowest BCUT2D eigenvalue weighted by Crippen LogP contribution is -2.40. The molecule has 0 aliphatic carbocycles. The molecule has 1 aromatic rings. The van der Waals surface area contributed by atoms with Crippen molar-refractivity contribution in [3.05, 3.63) is 36.2 Å². The maximum Gasteiger partial charge on any atom is 0.254 e. The van der Waals surface area contributed by atoms with E-state index in [4.69, 9.17) is 5.73 Å². The summed E-state index contributed by atoms with van der Waals surface area (Å²) < 4.78 is 0. The van der Waals surface area contributed by atoms with E-state index in [1.54, 1.807) is 29.3 Å². The summed E-state index contributed by atoms with van der Waals surface area (Å²) in [5.41, 5.74) is 7.12. The van der Waals surface area contributed by atoms with Crippen molar-refractivity contribution < 1.29 is 4.79 Å². The predicted octanol–water partition coefficient (Wildman–Crippen LogP) is 1.29. The second kappa shape index (κ2) is 4.30. The van der Waals surface area contributed by atoms with Crippen LogP contribution in [-0.2, 0) is 0 Å². The van der Waals surface area contributed by atoms with Crippen LogP contribution >= 0.6 is 0 Å². The van der Waals surface area contributed by atoms with Gasteiger partial charge in [-0.1, -0.05) is 6.58 Å². The van der Waals surface area contributed by atoms with Crippen LogP contribution in [0.3, 0.4) is 0 Å². The molecule has 0 saturated carbocycles. The number of likely N-dealkylation sites (tertiary alicyclic amines) is 1. The number of carbonyl (C=O) groups excluding carboxylic acids is 1. The van der Waals surface area contributed by atoms with Gasteiger partial charge in [0.1, 0.15) is 0 Å². The molecule has 90 valence electrons. The van der Waals surface area contributed by atoms with Gasteiger partial charge in [-0.15, -0.1) is 0 Å². The molecule has 2 heterocycles. The van der Waals surface area contributed by atoms with Crippen molar-refractivity contribution in [1.29, 1.82) is 0 Å². The topological polar surface area (TPSA) is 59.2 Å². The first kappa shape index (κ1) is 11.8. The Morgan fingerprint density at radius 3 is 3.06 bits per heavy atom.